The molecule has 3 N–H and O–H groups in total. The lowest BCUT2D eigenvalue weighted by atomic mass is 10.1. The van der Waals surface area contributed by atoms with Gasteiger partial charge in [0.15, 0.2) is 11.6 Å². The highest BCUT2D eigenvalue weighted by Gasteiger charge is 2.23. The van der Waals surface area contributed by atoms with Gasteiger partial charge in [-0.2, -0.15) is 0 Å². The Hall–Kier alpha value is -2.63. The van der Waals surface area contributed by atoms with Crippen LogP contribution < -0.4 is 16.0 Å². The number of nitrogens with zero attached hydrogens (tertiary/aromatic N) is 2. The number of anilines is 3. The van der Waals surface area contributed by atoms with E-state index in [4.69, 9.17) is 0 Å². The first kappa shape index (κ1) is 14.3. The predicted molar refractivity (Wildman–Crippen MR) is 86.3 cm³/mol. The van der Waals surface area contributed by atoms with E-state index in [1.54, 1.807) is 12.1 Å². The van der Waals surface area contributed by atoms with Crippen molar-refractivity contribution in [3.8, 4) is 0 Å². The Bertz CT molecular complexity index is 652. The summed E-state index contributed by atoms with van der Waals surface area (Å²) < 4.78 is 0. The van der Waals surface area contributed by atoms with E-state index in [9.17, 15) is 4.79 Å². The molecule has 1 fully saturated rings. The number of rotatable bonds is 5. The molecule has 0 spiro atoms. The van der Waals surface area contributed by atoms with Crippen LogP contribution in [0.3, 0.4) is 0 Å². The molecule has 1 heterocycles. The van der Waals surface area contributed by atoms with Gasteiger partial charge in [-0.15, -0.1) is 10.2 Å². The molecule has 1 aromatic heterocycles. The van der Waals surface area contributed by atoms with Crippen LogP contribution in [0.1, 0.15) is 25.3 Å². The van der Waals surface area contributed by atoms with Crippen molar-refractivity contribution in [1.82, 2.24) is 15.5 Å². The molecule has 1 aromatic carbocycles. The van der Waals surface area contributed by atoms with Crippen LogP contribution in [0, 0.1) is 0 Å². The van der Waals surface area contributed by atoms with Gasteiger partial charge in [-0.3, -0.25) is 5.32 Å². The Morgan fingerprint density at radius 2 is 1.86 bits per heavy atom. The molecule has 114 valence electrons. The van der Waals surface area contributed by atoms with Crippen LogP contribution in [0.4, 0.5) is 22.1 Å². The van der Waals surface area contributed by atoms with Gasteiger partial charge < -0.3 is 10.6 Å². The number of hydrogen-bond acceptors (Lipinski definition) is 4. The fourth-order valence-corrected chi connectivity index (χ4v) is 2.12. The van der Waals surface area contributed by atoms with Gasteiger partial charge in [-0.25, -0.2) is 4.79 Å². The lowest BCUT2D eigenvalue weighted by molar-refractivity contribution is 0.251. The SMILES string of the molecule is CCc1ccccc1Nc1ccc(NC(=O)NC2CC2)nn1. The van der Waals surface area contributed by atoms with E-state index in [-0.39, 0.29) is 6.03 Å². The second-order valence-electron chi connectivity index (χ2n) is 5.31. The Labute approximate surface area is 129 Å². The summed E-state index contributed by atoms with van der Waals surface area (Å²) in [6.07, 6.45) is 3.05. The Morgan fingerprint density at radius 1 is 1.14 bits per heavy atom. The molecule has 0 bridgehead atoms. The summed E-state index contributed by atoms with van der Waals surface area (Å²) in [5.74, 6) is 1.08. The fourth-order valence-electron chi connectivity index (χ4n) is 2.12. The number of hydrogen-bond donors (Lipinski definition) is 3. The monoisotopic (exact) mass is 297 g/mol. The van der Waals surface area contributed by atoms with E-state index in [0.29, 0.717) is 17.7 Å². The molecule has 1 aliphatic rings. The molecule has 3 rings (SSSR count). The van der Waals surface area contributed by atoms with Gasteiger partial charge in [-0.1, -0.05) is 25.1 Å². The average molecular weight is 297 g/mol. The third-order valence-corrected chi connectivity index (χ3v) is 3.48. The second-order valence-corrected chi connectivity index (χ2v) is 5.31. The molecule has 0 aliphatic heterocycles. The van der Waals surface area contributed by atoms with E-state index < -0.39 is 0 Å². The Morgan fingerprint density at radius 3 is 2.55 bits per heavy atom. The van der Waals surface area contributed by atoms with Crippen molar-refractivity contribution in [3.05, 3.63) is 42.0 Å². The predicted octanol–water partition coefficient (Wildman–Crippen LogP) is 3.07. The highest BCUT2D eigenvalue weighted by atomic mass is 16.2. The summed E-state index contributed by atoms with van der Waals surface area (Å²) in [7, 11) is 0. The third-order valence-electron chi connectivity index (χ3n) is 3.48. The van der Waals surface area contributed by atoms with Crippen LogP contribution in [0.5, 0.6) is 0 Å². The van der Waals surface area contributed by atoms with E-state index >= 15 is 0 Å². The van der Waals surface area contributed by atoms with Crippen molar-refractivity contribution in [2.24, 2.45) is 0 Å². The molecule has 0 atom stereocenters. The Balaban J connectivity index is 1.62. The summed E-state index contributed by atoms with van der Waals surface area (Å²) in [6.45, 7) is 2.11. The molecule has 0 unspecified atom stereocenters. The molecule has 1 aliphatic carbocycles. The van der Waals surface area contributed by atoms with Gasteiger partial charge in [0, 0.05) is 11.7 Å². The minimum atomic E-state index is -0.228. The molecule has 6 nitrogen and oxygen atoms in total. The van der Waals surface area contributed by atoms with E-state index in [2.05, 4.69) is 39.1 Å². The molecule has 0 saturated heterocycles. The lowest BCUT2D eigenvalue weighted by Crippen LogP contribution is -2.30. The Kier molecular flexibility index (Phi) is 4.18. The second kappa shape index (κ2) is 6.43. The van der Waals surface area contributed by atoms with Gasteiger partial charge >= 0.3 is 6.03 Å². The molecule has 22 heavy (non-hydrogen) atoms. The number of aryl methyl sites for hydroxylation is 1. The normalized spacial score (nSPS) is 13.5. The molecule has 2 aromatic rings. The maximum absolute atomic E-state index is 11.6. The first-order chi connectivity index (χ1) is 10.7. The zero-order valence-electron chi connectivity index (χ0n) is 12.5. The summed E-state index contributed by atoms with van der Waals surface area (Å²) in [6, 6.07) is 11.7. The number of urea groups is 1. The maximum Gasteiger partial charge on any atom is 0.320 e. The smallest absolute Gasteiger partial charge is 0.320 e. The van der Waals surface area contributed by atoms with Crippen molar-refractivity contribution < 1.29 is 4.79 Å². The lowest BCUT2D eigenvalue weighted by Gasteiger charge is -2.10. The van der Waals surface area contributed by atoms with Crippen LogP contribution in [-0.4, -0.2) is 22.3 Å². The fraction of sp³-hybridized carbons (Fsp3) is 0.312. The largest absolute Gasteiger partial charge is 0.339 e. The average Bonchev–Trinajstić information content (AvgIpc) is 3.33. The van der Waals surface area contributed by atoms with Crippen LogP contribution in [-0.2, 0) is 6.42 Å². The molecule has 1 saturated carbocycles. The van der Waals surface area contributed by atoms with Crippen molar-refractivity contribution in [2.45, 2.75) is 32.2 Å². The number of aromatic nitrogens is 2. The van der Waals surface area contributed by atoms with Gasteiger partial charge in [-0.05, 0) is 43.0 Å². The van der Waals surface area contributed by atoms with Crippen molar-refractivity contribution in [2.75, 3.05) is 10.6 Å². The quantitative estimate of drug-likeness (QED) is 0.792. The molecular formula is C16H19N5O. The van der Waals surface area contributed by atoms with Gasteiger partial charge in [0.2, 0.25) is 0 Å². The number of carbonyl (C=O) groups is 1. The number of carbonyl (C=O) groups excluding carboxylic acids is 1. The molecule has 2 amide bonds. The molecule has 6 heteroatoms. The zero-order valence-corrected chi connectivity index (χ0v) is 12.5. The van der Waals surface area contributed by atoms with Crippen LogP contribution >= 0.6 is 0 Å². The minimum absolute atomic E-state index is 0.228. The first-order valence-corrected chi connectivity index (χ1v) is 7.51. The number of para-hydroxylation sites is 1. The number of amides is 2. The maximum atomic E-state index is 11.6. The third kappa shape index (κ3) is 3.72. The first-order valence-electron chi connectivity index (χ1n) is 7.51. The summed E-state index contributed by atoms with van der Waals surface area (Å²) in [5.41, 5.74) is 2.24. The summed E-state index contributed by atoms with van der Waals surface area (Å²) >= 11 is 0. The standard InChI is InChI=1S/C16H19N5O/c1-2-11-5-3-4-6-13(11)18-14-9-10-15(21-20-14)19-16(22)17-12-7-8-12/h3-6,9-10,12H,2,7-8H2,1H3,(H,18,20)(H2,17,19,21,22). The number of benzene rings is 1. The summed E-state index contributed by atoms with van der Waals surface area (Å²) in [4.78, 5) is 11.6. The molecule has 0 radical (unpaired) electrons. The van der Waals surface area contributed by atoms with Crippen molar-refractivity contribution in [1.29, 1.82) is 0 Å². The van der Waals surface area contributed by atoms with E-state index in [0.717, 1.165) is 24.9 Å². The van der Waals surface area contributed by atoms with Crippen LogP contribution in [0.15, 0.2) is 36.4 Å². The number of nitrogens with one attached hydrogen (secondary N) is 3. The summed E-state index contributed by atoms with van der Waals surface area (Å²) in [5, 5.41) is 16.9. The van der Waals surface area contributed by atoms with Gasteiger partial charge in [0.25, 0.3) is 0 Å². The van der Waals surface area contributed by atoms with Crippen molar-refractivity contribution >= 4 is 23.4 Å². The highest BCUT2D eigenvalue weighted by molar-refractivity contribution is 5.88. The van der Waals surface area contributed by atoms with Crippen molar-refractivity contribution in [3.63, 3.8) is 0 Å². The van der Waals surface area contributed by atoms with Crippen LogP contribution in [0.2, 0.25) is 0 Å². The topological polar surface area (TPSA) is 78.9 Å². The minimum Gasteiger partial charge on any atom is -0.339 e. The molecular weight excluding hydrogens is 278 g/mol. The van der Waals surface area contributed by atoms with E-state index in [1.807, 2.05) is 18.2 Å². The van der Waals surface area contributed by atoms with Crippen LogP contribution in [0.25, 0.3) is 0 Å². The van der Waals surface area contributed by atoms with Gasteiger partial charge in [0.1, 0.15) is 0 Å². The highest BCUT2D eigenvalue weighted by Crippen LogP contribution is 2.20. The zero-order chi connectivity index (χ0) is 15.4. The van der Waals surface area contributed by atoms with E-state index in [1.165, 1.54) is 5.56 Å². The van der Waals surface area contributed by atoms with Gasteiger partial charge in [0.05, 0.1) is 0 Å².